The molecule has 1 saturated heterocycles. The van der Waals surface area contributed by atoms with Crippen molar-refractivity contribution in [2.24, 2.45) is 4.99 Å². The van der Waals surface area contributed by atoms with Gasteiger partial charge in [-0.2, -0.15) is 0 Å². The number of ether oxygens (including phenoxy) is 1. The summed E-state index contributed by atoms with van der Waals surface area (Å²) in [4.78, 5) is 7.03. The molecule has 0 saturated carbocycles. The van der Waals surface area contributed by atoms with Crippen LogP contribution in [0.5, 0.6) is 0 Å². The summed E-state index contributed by atoms with van der Waals surface area (Å²) in [5, 5.41) is 6.29. The first-order chi connectivity index (χ1) is 13.0. The van der Waals surface area contributed by atoms with Crippen LogP contribution in [0.1, 0.15) is 25.0 Å². The van der Waals surface area contributed by atoms with Crippen LogP contribution in [-0.4, -0.2) is 70.2 Å². The van der Waals surface area contributed by atoms with E-state index in [2.05, 4.69) is 38.7 Å². The fraction of sp³-hybridized carbons (Fsp3) is 0.632. The van der Waals surface area contributed by atoms with Crippen LogP contribution in [0.2, 0.25) is 0 Å². The van der Waals surface area contributed by atoms with E-state index in [1.807, 2.05) is 13.0 Å². The number of sulfone groups is 1. The van der Waals surface area contributed by atoms with E-state index in [0.717, 1.165) is 39.4 Å². The molecular formula is C19H33IN4O3S. The maximum absolute atomic E-state index is 11.6. The Morgan fingerprint density at radius 3 is 2.46 bits per heavy atom. The van der Waals surface area contributed by atoms with Crippen molar-refractivity contribution in [3.63, 3.8) is 0 Å². The molecule has 1 heterocycles. The van der Waals surface area contributed by atoms with Gasteiger partial charge in [-0.1, -0.05) is 31.2 Å². The first-order valence-corrected chi connectivity index (χ1v) is 11.5. The van der Waals surface area contributed by atoms with Gasteiger partial charge in [-0.05, 0) is 18.1 Å². The van der Waals surface area contributed by atoms with Crippen molar-refractivity contribution in [2.75, 3.05) is 50.9 Å². The van der Waals surface area contributed by atoms with E-state index in [9.17, 15) is 8.42 Å². The quantitative estimate of drug-likeness (QED) is 0.291. The van der Waals surface area contributed by atoms with E-state index in [1.165, 1.54) is 11.1 Å². The zero-order chi connectivity index (χ0) is 19.5. The van der Waals surface area contributed by atoms with Gasteiger partial charge in [-0.3, -0.25) is 4.90 Å². The zero-order valence-electron chi connectivity index (χ0n) is 16.8. The van der Waals surface area contributed by atoms with Crippen LogP contribution in [0.4, 0.5) is 0 Å². The molecule has 7 nitrogen and oxygen atoms in total. The van der Waals surface area contributed by atoms with Crippen LogP contribution < -0.4 is 10.6 Å². The van der Waals surface area contributed by atoms with Gasteiger partial charge in [0.2, 0.25) is 0 Å². The Labute approximate surface area is 186 Å². The topological polar surface area (TPSA) is 83.0 Å². The molecule has 0 atom stereocenters. The first-order valence-electron chi connectivity index (χ1n) is 9.63. The second-order valence-corrected chi connectivity index (χ2v) is 8.99. The van der Waals surface area contributed by atoms with Gasteiger partial charge in [0.25, 0.3) is 0 Å². The van der Waals surface area contributed by atoms with Crippen molar-refractivity contribution >= 4 is 39.8 Å². The molecule has 1 fully saturated rings. The van der Waals surface area contributed by atoms with Crippen LogP contribution in [-0.2, 0) is 27.7 Å². The summed E-state index contributed by atoms with van der Waals surface area (Å²) < 4.78 is 28.7. The number of benzene rings is 1. The van der Waals surface area contributed by atoms with Gasteiger partial charge in [0.1, 0.15) is 0 Å². The number of nitrogens with one attached hydrogen (secondary N) is 2. The fourth-order valence-corrected chi connectivity index (χ4v) is 3.54. The summed E-state index contributed by atoms with van der Waals surface area (Å²) in [6.07, 6.45) is 0. The second kappa shape index (κ2) is 13.3. The summed E-state index contributed by atoms with van der Waals surface area (Å²) in [7, 11) is -2.98. The van der Waals surface area contributed by atoms with E-state index < -0.39 is 9.84 Å². The van der Waals surface area contributed by atoms with Crippen LogP contribution in [0.3, 0.4) is 0 Å². The predicted molar refractivity (Wildman–Crippen MR) is 125 cm³/mol. The van der Waals surface area contributed by atoms with Crippen LogP contribution >= 0.6 is 24.0 Å². The molecular weight excluding hydrogens is 491 g/mol. The Balaban J connectivity index is 0.00000392. The fourth-order valence-electron chi connectivity index (χ4n) is 2.84. The molecule has 0 bridgehead atoms. The van der Waals surface area contributed by atoms with Gasteiger partial charge < -0.3 is 15.4 Å². The molecule has 1 aromatic carbocycles. The van der Waals surface area contributed by atoms with Crippen molar-refractivity contribution in [3.8, 4) is 0 Å². The molecule has 0 radical (unpaired) electrons. The summed E-state index contributed by atoms with van der Waals surface area (Å²) in [6, 6.07) is 8.34. The molecule has 2 N–H and O–H groups in total. The molecule has 0 spiro atoms. The third-order valence-corrected chi connectivity index (χ3v) is 6.22. The molecule has 0 unspecified atom stereocenters. The van der Waals surface area contributed by atoms with E-state index in [0.29, 0.717) is 19.0 Å². The zero-order valence-corrected chi connectivity index (χ0v) is 20.0. The average molecular weight is 524 g/mol. The smallest absolute Gasteiger partial charge is 0.191 e. The summed E-state index contributed by atoms with van der Waals surface area (Å²) in [5.41, 5.74) is 2.45. The Kier molecular flexibility index (Phi) is 12.0. The van der Waals surface area contributed by atoms with Crippen molar-refractivity contribution in [3.05, 3.63) is 35.4 Å². The van der Waals surface area contributed by atoms with Gasteiger partial charge >= 0.3 is 0 Å². The minimum atomic E-state index is -2.98. The number of halogens is 1. The number of rotatable bonds is 9. The Bertz CT molecular complexity index is 707. The molecule has 28 heavy (non-hydrogen) atoms. The largest absolute Gasteiger partial charge is 0.379 e. The number of hydrogen-bond acceptors (Lipinski definition) is 5. The maximum atomic E-state index is 11.6. The lowest BCUT2D eigenvalue weighted by Crippen LogP contribution is -2.39. The first kappa shape index (κ1) is 25.1. The highest BCUT2D eigenvalue weighted by atomic mass is 127. The molecule has 1 aliphatic rings. The summed E-state index contributed by atoms with van der Waals surface area (Å²) in [6.45, 7) is 9.67. The van der Waals surface area contributed by atoms with E-state index >= 15 is 0 Å². The average Bonchev–Trinajstić information content (AvgIpc) is 2.68. The highest BCUT2D eigenvalue weighted by Crippen LogP contribution is 2.14. The lowest BCUT2D eigenvalue weighted by Gasteiger charge is -2.27. The Morgan fingerprint density at radius 1 is 1.14 bits per heavy atom. The lowest BCUT2D eigenvalue weighted by atomic mass is 10.1. The van der Waals surface area contributed by atoms with Gasteiger partial charge in [0.05, 0.1) is 25.5 Å². The molecule has 1 aromatic rings. The molecule has 160 valence electrons. The Hall–Kier alpha value is -0.910. The number of hydrogen-bond donors (Lipinski definition) is 2. The highest BCUT2D eigenvalue weighted by Gasteiger charge is 2.13. The summed E-state index contributed by atoms with van der Waals surface area (Å²) in [5.74, 6) is 0.920. The third-order valence-electron chi connectivity index (χ3n) is 4.51. The van der Waals surface area contributed by atoms with Gasteiger partial charge in [-0.15, -0.1) is 24.0 Å². The molecule has 1 aliphatic heterocycles. The number of guanidine groups is 1. The van der Waals surface area contributed by atoms with E-state index in [1.54, 1.807) is 6.92 Å². The normalized spacial score (nSPS) is 15.7. The summed E-state index contributed by atoms with van der Waals surface area (Å²) >= 11 is 0. The van der Waals surface area contributed by atoms with Crippen molar-refractivity contribution in [1.29, 1.82) is 0 Å². The minimum absolute atomic E-state index is 0. The number of morpholine rings is 1. The third kappa shape index (κ3) is 9.06. The molecule has 0 aromatic heterocycles. The van der Waals surface area contributed by atoms with Crippen molar-refractivity contribution < 1.29 is 13.2 Å². The molecule has 0 amide bonds. The lowest BCUT2D eigenvalue weighted by molar-refractivity contribution is 0.0341. The maximum Gasteiger partial charge on any atom is 0.191 e. The minimum Gasteiger partial charge on any atom is -0.379 e. The molecule has 2 rings (SSSR count). The predicted octanol–water partition coefficient (Wildman–Crippen LogP) is 1.63. The van der Waals surface area contributed by atoms with Crippen LogP contribution in [0, 0.1) is 0 Å². The SMILES string of the molecule is CCNC(=NCc1ccccc1CN1CCOCC1)NCCS(=O)(=O)CC.I. The van der Waals surface area contributed by atoms with E-state index in [-0.39, 0.29) is 35.5 Å². The molecule has 9 heteroatoms. The number of nitrogens with zero attached hydrogens (tertiary/aromatic N) is 2. The van der Waals surface area contributed by atoms with Gasteiger partial charge in [-0.25, -0.2) is 13.4 Å². The van der Waals surface area contributed by atoms with Gasteiger partial charge in [0.15, 0.2) is 15.8 Å². The van der Waals surface area contributed by atoms with Crippen molar-refractivity contribution in [1.82, 2.24) is 15.5 Å². The van der Waals surface area contributed by atoms with Gasteiger partial charge in [0, 0.05) is 38.5 Å². The number of aliphatic imine (C=N–C) groups is 1. The van der Waals surface area contributed by atoms with Crippen LogP contribution in [0.15, 0.2) is 29.3 Å². The standard InChI is InChI=1S/C19H32N4O3S.HI/c1-3-20-19(21-9-14-27(24,25)4-2)22-15-17-7-5-6-8-18(17)16-23-10-12-26-13-11-23;/h5-8H,3-4,9-16H2,1-2H3,(H2,20,21,22);1H. The van der Waals surface area contributed by atoms with E-state index in [4.69, 9.17) is 4.74 Å². The monoisotopic (exact) mass is 524 g/mol. The second-order valence-electron chi connectivity index (χ2n) is 6.52. The van der Waals surface area contributed by atoms with Crippen molar-refractivity contribution in [2.45, 2.75) is 26.9 Å². The molecule has 0 aliphatic carbocycles. The Morgan fingerprint density at radius 2 is 1.82 bits per heavy atom. The highest BCUT2D eigenvalue weighted by molar-refractivity contribution is 14.0. The van der Waals surface area contributed by atoms with Crippen LogP contribution in [0.25, 0.3) is 0 Å².